The minimum Gasteiger partial charge on any atom is -0.454 e. The zero-order valence-electron chi connectivity index (χ0n) is 27.5. The Morgan fingerprint density at radius 1 is 0.531 bits per heavy atom. The van der Waals surface area contributed by atoms with Crippen molar-refractivity contribution in [2.75, 3.05) is 4.90 Å². The first kappa shape index (κ1) is 28.4. The minimum absolute atomic E-state index is 0.363. The number of hydrogen-bond donors (Lipinski definition) is 0. The Morgan fingerprint density at radius 3 is 1.98 bits per heavy atom. The fourth-order valence-electron chi connectivity index (χ4n) is 9.20. The van der Waals surface area contributed by atoms with Gasteiger partial charge in [0.15, 0.2) is 5.58 Å². The topological polar surface area (TPSA) is 16.4 Å². The van der Waals surface area contributed by atoms with Crippen molar-refractivity contribution in [1.29, 1.82) is 0 Å². The molecule has 1 heterocycles. The first-order valence-electron chi connectivity index (χ1n) is 17.7. The minimum atomic E-state index is 0.363. The number of hydrogen-bond acceptors (Lipinski definition) is 2. The van der Waals surface area contributed by atoms with Crippen molar-refractivity contribution in [1.82, 2.24) is 0 Å². The van der Waals surface area contributed by atoms with E-state index in [1.54, 1.807) is 0 Å². The molecule has 236 valence electrons. The van der Waals surface area contributed by atoms with E-state index in [1.165, 1.54) is 70.7 Å². The van der Waals surface area contributed by atoms with Crippen molar-refractivity contribution in [3.05, 3.63) is 163 Å². The Kier molecular flexibility index (Phi) is 6.52. The Bertz CT molecular complexity index is 2480. The molecule has 2 nitrogen and oxygen atoms in total. The van der Waals surface area contributed by atoms with Gasteiger partial charge in [-0.3, -0.25) is 0 Å². The first-order valence-corrected chi connectivity index (χ1v) is 17.7. The molecule has 0 radical (unpaired) electrons. The van der Waals surface area contributed by atoms with Crippen molar-refractivity contribution in [3.63, 3.8) is 0 Å². The first-order chi connectivity index (χ1) is 24.3. The van der Waals surface area contributed by atoms with E-state index in [0.717, 1.165) is 44.9 Å². The van der Waals surface area contributed by atoms with Crippen LogP contribution < -0.4 is 4.90 Å². The third-order valence-corrected chi connectivity index (χ3v) is 11.5. The average molecular weight is 632 g/mol. The van der Waals surface area contributed by atoms with Crippen LogP contribution in [0.15, 0.2) is 162 Å². The smallest absolute Gasteiger partial charge is 0.159 e. The molecule has 0 unspecified atom stereocenters. The third kappa shape index (κ3) is 4.54. The lowest BCUT2D eigenvalue weighted by Gasteiger charge is -2.30. The summed E-state index contributed by atoms with van der Waals surface area (Å²) in [6.45, 7) is 0. The van der Waals surface area contributed by atoms with Crippen LogP contribution in [0, 0.1) is 5.92 Å². The van der Waals surface area contributed by atoms with Crippen LogP contribution in [0.5, 0.6) is 0 Å². The van der Waals surface area contributed by atoms with E-state index >= 15 is 0 Å². The quantitative estimate of drug-likeness (QED) is 0.182. The summed E-state index contributed by atoms with van der Waals surface area (Å²) in [5.41, 5.74) is 11.8. The molecule has 2 aliphatic rings. The van der Waals surface area contributed by atoms with E-state index in [4.69, 9.17) is 4.42 Å². The van der Waals surface area contributed by atoms with Gasteiger partial charge in [0, 0.05) is 22.0 Å². The van der Waals surface area contributed by atoms with Crippen molar-refractivity contribution in [2.24, 2.45) is 5.92 Å². The van der Waals surface area contributed by atoms with Crippen LogP contribution in [0.1, 0.15) is 37.7 Å². The normalized spacial score (nSPS) is 18.5. The molecule has 8 aromatic rings. The molecule has 2 bridgehead atoms. The predicted octanol–water partition coefficient (Wildman–Crippen LogP) is 13.4. The molecule has 2 heteroatoms. The van der Waals surface area contributed by atoms with E-state index in [-0.39, 0.29) is 0 Å². The number of furan rings is 1. The van der Waals surface area contributed by atoms with Crippen LogP contribution in [0.25, 0.3) is 55.0 Å². The fourth-order valence-corrected chi connectivity index (χ4v) is 9.20. The van der Waals surface area contributed by atoms with Gasteiger partial charge in [-0.1, -0.05) is 127 Å². The number of para-hydroxylation sites is 3. The highest BCUT2D eigenvalue weighted by atomic mass is 16.3. The molecule has 2 aliphatic carbocycles. The Labute approximate surface area is 287 Å². The van der Waals surface area contributed by atoms with Crippen molar-refractivity contribution < 1.29 is 4.42 Å². The number of benzene rings is 7. The molecule has 49 heavy (non-hydrogen) atoms. The van der Waals surface area contributed by atoms with Crippen LogP contribution >= 0.6 is 0 Å². The highest BCUT2D eigenvalue weighted by Crippen LogP contribution is 2.56. The molecule has 1 aromatic heterocycles. The molecule has 7 aromatic carbocycles. The molecule has 0 atom stereocenters. The second kappa shape index (κ2) is 11.2. The zero-order chi connectivity index (χ0) is 32.4. The van der Waals surface area contributed by atoms with Crippen LogP contribution in [-0.2, 0) is 5.41 Å². The van der Waals surface area contributed by atoms with Crippen molar-refractivity contribution >= 4 is 49.8 Å². The zero-order valence-corrected chi connectivity index (χ0v) is 27.5. The second-order valence-electron chi connectivity index (χ2n) is 14.2. The van der Waals surface area contributed by atoms with E-state index in [9.17, 15) is 0 Å². The van der Waals surface area contributed by atoms with Crippen LogP contribution in [-0.4, -0.2) is 0 Å². The number of nitrogens with zero attached hydrogens (tertiary/aromatic N) is 1. The van der Waals surface area contributed by atoms with Gasteiger partial charge in [0.1, 0.15) is 5.58 Å². The van der Waals surface area contributed by atoms with Gasteiger partial charge in [0.2, 0.25) is 0 Å². The lowest BCUT2D eigenvalue weighted by Crippen LogP contribution is -2.19. The Balaban J connectivity index is 1.22. The van der Waals surface area contributed by atoms with Gasteiger partial charge < -0.3 is 9.32 Å². The van der Waals surface area contributed by atoms with E-state index in [2.05, 4.69) is 163 Å². The monoisotopic (exact) mass is 631 g/mol. The summed E-state index contributed by atoms with van der Waals surface area (Å²) in [5.74, 6) is 0.912. The van der Waals surface area contributed by atoms with Crippen LogP contribution in [0.2, 0.25) is 0 Å². The van der Waals surface area contributed by atoms with Gasteiger partial charge >= 0.3 is 0 Å². The van der Waals surface area contributed by atoms with Crippen molar-refractivity contribution in [3.8, 4) is 22.3 Å². The van der Waals surface area contributed by atoms with Gasteiger partial charge in [-0.05, 0) is 107 Å². The third-order valence-electron chi connectivity index (χ3n) is 11.5. The maximum absolute atomic E-state index is 6.70. The summed E-state index contributed by atoms with van der Waals surface area (Å²) in [5, 5.41) is 4.76. The van der Waals surface area contributed by atoms with Gasteiger partial charge in [-0.2, -0.15) is 0 Å². The average Bonchev–Trinajstić information content (AvgIpc) is 3.90. The molecule has 0 amide bonds. The van der Waals surface area contributed by atoms with Crippen molar-refractivity contribution in [2.45, 2.75) is 37.5 Å². The molecule has 2 saturated carbocycles. The van der Waals surface area contributed by atoms with E-state index in [1.807, 2.05) is 0 Å². The molecular weight excluding hydrogens is 595 g/mol. The summed E-state index contributed by atoms with van der Waals surface area (Å²) in [4.78, 5) is 2.43. The lowest BCUT2D eigenvalue weighted by molar-refractivity contribution is 0.419. The van der Waals surface area contributed by atoms with Gasteiger partial charge in [-0.25, -0.2) is 0 Å². The predicted molar refractivity (Wildman–Crippen MR) is 205 cm³/mol. The molecule has 0 N–H and O–H groups in total. The summed E-state index contributed by atoms with van der Waals surface area (Å²) in [6, 6.07) is 57.5. The van der Waals surface area contributed by atoms with E-state index < -0.39 is 0 Å². The largest absolute Gasteiger partial charge is 0.454 e. The molecule has 0 spiro atoms. The molecule has 0 aliphatic heterocycles. The summed E-state index contributed by atoms with van der Waals surface area (Å²) >= 11 is 0. The number of fused-ring (bicyclic) bond motifs is 6. The van der Waals surface area contributed by atoms with Crippen LogP contribution in [0.3, 0.4) is 0 Å². The fraction of sp³-hybridized carbons (Fsp3) is 0.149. The van der Waals surface area contributed by atoms with E-state index in [0.29, 0.717) is 5.41 Å². The standard InChI is InChI=1S/C47H37NO/c1-2-11-33(12-3-1)37-17-8-13-34-14-9-18-40(45(34)37)38-15-4-6-20-42(38)48(36-25-23-35(24-26-36)47-29-27-32(31-47)28-30-47)43-21-10-19-41-39-16-5-7-22-44(39)49-46(41)43/h1-26,32H,27-31H2. The van der Waals surface area contributed by atoms with Crippen LogP contribution in [0.4, 0.5) is 17.1 Å². The lowest BCUT2D eigenvalue weighted by atomic mass is 9.78. The maximum atomic E-state index is 6.70. The maximum Gasteiger partial charge on any atom is 0.159 e. The van der Waals surface area contributed by atoms with Gasteiger partial charge in [0.05, 0.1) is 11.4 Å². The van der Waals surface area contributed by atoms with Gasteiger partial charge in [-0.15, -0.1) is 0 Å². The Morgan fingerprint density at radius 2 is 1.18 bits per heavy atom. The summed E-state index contributed by atoms with van der Waals surface area (Å²) < 4.78 is 6.70. The highest BCUT2D eigenvalue weighted by Gasteiger charge is 2.45. The highest BCUT2D eigenvalue weighted by molar-refractivity contribution is 6.12. The second-order valence-corrected chi connectivity index (χ2v) is 14.2. The molecule has 2 fully saturated rings. The Hall–Kier alpha value is -5.60. The SMILES string of the molecule is c1ccc(-c2cccc3cccc(-c4ccccc4N(c4ccc(C56CCC(CC5)C6)cc4)c4cccc5c4oc4ccccc45)c23)cc1. The molecule has 0 saturated heterocycles. The molecular formula is C47H37NO. The summed E-state index contributed by atoms with van der Waals surface area (Å²) in [6.07, 6.45) is 6.76. The summed E-state index contributed by atoms with van der Waals surface area (Å²) in [7, 11) is 0. The number of rotatable bonds is 6. The number of anilines is 3. The van der Waals surface area contributed by atoms with Gasteiger partial charge in [0.25, 0.3) is 0 Å². The molecule has 10 rings (SSSR count).